The summed E-state index contributed by atoms with van der Waals surface area (Å²) in [6, 6.07) is 5.28. The van der Waals surface area contributed by atoms with Gasteiger partial charge in [0.05, 0.1) is 5.56 Å². The zero-order chi connectivity index (χ0) is 14.7. The van der Waals surface area contributed by atoms with Crippen molar-refractivity contribution in [1.82, 2.24) is 4.90 Å². The molecular formula is C14H21F3N2. The van der Waals surface area contributed by atoms with Crippen LogP contribution in [0.2, 0.25) is 0 Å². The first-order valence-electron chi connectivity index (χ1n) is 6.30. The van der Waals surface area contributed by atoms with Gasteiger partial charge in [-0.05, 0) is 38.1 Å². The Bertz CT molecular complexity index is 394. The summed E-state index contributed by atoms with van der Waals surface area (Å²) >= 11 is 0. The molecule has 0 aliphatic rings. The van der Waals surface area contributed by atoms with Gasteiger partial charge in [-0.25, -0.2) is 0 Å². The van der Waals surface area contributed by atoms with E-state index < -0.39 is 11.7 Å². The molecular weight excluding hydrogens is 253 g/mol. The molecule has 2 nitrogen and oxygen atoms in total. The van der Waals surface area contributed by atoms with Gasteiger partial charge in [-0.2, -0.15) is 13.2 Å². The second-order valence-electron chi connectivity index (χ2n) is 5.11. The van der Waals surface area contributed by atoms with Crippen molar-refractivity contribution in [1.29, 1.82) is 0 Å². The minimum atomic E-state index is -4.28. The molecule has 1 aromatic carbocycles. The predicted molar refractivity (Wildman–Crippen MR) is 70.7 cm³/mol. The first-order chi connectivity index (χ1) is 8.73. The SMILES string of the molecule is CCC(C)(CN)N(C)Cc1ccc(C(F)(F)F)cc1. The molecule has 0 heterocycles. The van der Waals surface area contributed by atoms with Gasteiger partial charge >= 0.3 is 6.18 Å². The van der Waals surface area contributed by atoms with Gasteiger partial charge in [-0.1, -0.05) is 19.1 Å². The molecule has 5 heteroatoms. The van der Waals surface area contributed by atoms with E-state index in [2.05, 4.69) is 18.7 Å². The van der Waals surface area contributed by atoms with E-state index in [0.717, 1.165) is 24.1 Å². The molecule has 0 aromatic heterocycles. The molecule has 0 spiro atoms. The normalized spacial score (nSPS) is 15.6. The highest BCUT2D eigenvalue weighted by molar-refractivity contribution is 5.24. The first kappa shape index (κ1) is 16.0. The van der Waals surface area contributed by atoms with Crippen LogP contribution in [0.3, 0.4) is 0 Å². The van der Waals surface area contributed by atoms with Crippen LogP contribution in [-0.2, 0) is 12.7 Å². The maximum atomic E-state index is 12.5. The maximum absolute atomic E-state index is 12.5. The Morgan fingerprint density at radius 1 is 1.16 bits per heavy atom. The molecule has 1 aromatic rings. The highest BCUT2D eigenvalue weighted by atomic mass is 19.4. The lowest BCUT2D eigenvalue weighted by Crippen LogP contribution is -2.48. The Morgan fingerprint density at radius 2 is 1.68 bits per heavy atom. The van der Waals surface area contributed by atoms with Crippen LogP contribution in [0.1, 0.15) is 31.4 Å². The minimum Gasteiger partial charge on any atom is -0.329 e. The zero-order valence-electron chi connectivity index (χ0n) is 11.6. The summed E-state index contributed by atoms with van der Waals surface area (Å²) in [7, 11) is 1.94. The van der Waals surface area contributed by atoms with E-state index in [1.54, 1.807) is 0 Å². The average molecular weight is 274 g/mol. The van der Waals surface area contributed by atoms with E-state index in [9.17, 15) is 13.2 Å². The maximum Gasteiger partial charge on any atom is 0.416 e. The van der Waals surface area contributed by atoms with Gasteiger partial charge in [0.2, 0.25) is 0 Å². The van der Waals surface area contributed by atoms with Crippen LogP contribution in [-0.4, -0.2) is 24.0 Å². The van der Waals surface area contributed by atoms with Gasteiger partial charge in [-0.3, -0.25) is 4.90 Å². The van der Waals surface area contributed by atoms with Gasteiger partial charge in [0.15, 0.2) is 0 Å². The lowest BCUT2D eigenvalue weighted by Gasteiger charge is -2.37. The van der Waals surface area contributed by atoms with Crippen molar-refractivity contribution in [2.45, 2.75) is 38.5 Å². The predicted octanol–water partition coefficient (Wildman–Crippen LogP) is 3.26. The monoisotopic (exact) mass is 274 g/mol. The van der Waals surface area contributed by atoms with E-state index in [0.29, 0.717) is 13.1 Å². The summed E-state index contributed by atoms with van der Waals surface area (Å²) in [6.07, 6.45) is -3.39. The van der Waals surface area contributed by atoms with Crippen molar-refractivity contribution < 1.29 is 13.2 Å². The first-order valence-corrected chi connectivity index (χ1v) is 6.30. The number of hydrogen-bond donors (Lipinski definition) is 1. The van der Waals surface area contributed by atoms with Crippen molar-refractivity contribution >= 4 is 0 Å². The summed E-state index contributed by atoms with van der Waals surface area (Å²) in [5.41, 5.74) is 5.86. The van der Waals surface area contributed by atoms with Crippen LogP contribution in [0.4, 0.5) is 13.2 Å². The summed E-state index contributed by atoms with van der Waals surface area (Å²) in [4.78, 5) is 2.08. The Morgan fingerprint density at radius 3 is 2.05 bits per heavy atom. The largest absolute Gasteiger partial charge is 0.416 e. The van der Waals surface area contributed by atoms with Crippen LogP contribution >= 0.6 is 0 Å². The van der Waals surface area contributed by atoms with Gasteiger partial charge in [0.1, 0.15) is 0 Å². The standard InChI is InChI=1S/C14H21F3N2/c1-4-13(2,10-18)19(3)9-11-5-7-12(8-6-11)14(15,16)17/h5-8H,4,9-10,18H2,1-3H3. The van der Waals surface area contributed by atoms with Gasteiger partial charge in [0.25, 0.3) is 0 Å². The summed E-state index contributed by atoms with van der Waals surface area (Å²) in [6.45, 7) is 5.20. The number of nitrogens with zero attached hydrogens (tertiary/aromatic N) is 1. The lowest BCUT2D eigenvalue weighted by atomic mass is 9.96. The van der Waals surface area contributed by atoms with Crippen molar-refractivity contribution in [3.05, 3.63) is 35.4 Å². The molecule has 1 unspecified atom stereocenters. The number of hydrogen-bond acceptors (Lipinski definition) is 2. The average Bonchev–Trinajstić information content (AvgIpc) is 2.37. The van der Waals surface area contributed by atoms with Crippen LogP contribution < -0.4 is 5.73 Å². The molecule has 0 saturated carbocycles. The van der Waals surface area contributed by atoms with Crippen LogP contribution in [0.15, 0.2) is 24.3 Å². The number of alkyl halides is 3. The van der Waals surface area contributed by atoms with E-state index in [1.807, 2.05) is 7.05 Å². The topological polar surface area (TPSA) is 29.3 Å². The minimum absolute atomic E-state index is 0.136. The Labute approximate surface area is 112 Å². The van der Waals surface area contributed by atoms with Gasteiger partial charge in [0, 0.05) is 18.6 Å². The van der Waals surface area contributed by atoms with Crippen molar-refractivity contribution in [2.75, 3.05) is 13.6 Å². The molecule has 0 aliphatic heterocycles. The smallest absolute Gasteiger partial charge is 0.329 e. The highest BCUT2D eigenvalue weighted by Gasteiger charge is 2.30. The highest BCUT2D eigenvalue weighted by Crippen LogP contribution is 2.29. The number of rotatable bonds is 5. The second-order valence-corrected chi connectivity index (χ2v) is 5.11. The quantitative estimate of drug-likeness (QED) is 0.893. The zero-order valence-corrected chi connectivity index (χ0v) is 11.6. The third-order valence-corrected chi connectivity index (χ3v) is 3.82. The van der Waals surface area contributed by atoms with Crippen LogP contribution in [0, 0.1) is 0 Å². The third kappa shape index (κ3) is 3.94. The van der Waals surface area contributed by atoms with Gasteiger partial charge in [-0.15, -0.1) is 0 Å². The third-order valence-electron chi connectivity index (χ3n) is 3.82. The Hall–Kier alpha value is -1.07. The molecule has 1 atom stereocenters. The van der Waals surface area contributed by atoms with E-state index in [-0.39, 0.29) is 5.54 Å². The molecule has 0 aliphatic carbocycles. The van der Waals surface area contributed by atoms with Gasteiger partial charge < -0.3 is 5.73 Å². The molecule has 108 valence electrons. The molecule has 2 N–H and O–H groups in total. The fourth-order valence-electron chi connectivity index (χ4n) is 1.83. The molecule has 19 heavy (non-hydrogen) atoms. The van der Waals surface area contributed by atoms with E-state index in [4.69, 9.17) is 5.73 Å². The summed E-state index contributed by atoms with van der Waals surface area (Å²) in [5, 5.41) is 0. The fourth-order valence-corrected chi connectivity index (χ4v) is 1.83. The van der Waals surface area contributed by atoms with E-state index >= 15 is 0 Å². The van der Waals surface area contributed by atoms with Crippen LogP contribution in [0.5, 0.6) is 0 Å². The number of halogens is 3. The van der Waals surface area contributed by atoms with Crippen molar-refractivity contribution in [2.24, 2.45) is 5.73 Å². The second kappa shape index (κ2) is 5.92. The number of nitrogens with two attached hydrogens (primary N) is 1. The fraction of sp³-hybridized carbons (Fsp3) is 0.571. The molecule has 0 radical (unpaired) electrons. The van der Waals surface area contributed by atoms with Crippen molar-refractivity contribution in [3.8, 4) is 0 Å². The summed E-state index contributed by atoms with van der Waals surface area (Å²) in [5.74, 6) is 0. The molecule has 0 saturated heterocycles. The van der Waals surface area contributed by atoms with Crippen molar-refractivity contribution in [3.63, 3.8) is 0 Å². The number of likely N-dealkylation sites (N-methyl/N-ethyl adjacent to an activating group) is 1. The van der Waals surface area contributed by atoms with E-state index in [1.165, 1.54) is 12.1 Å². The molecule has 1 rings (SSSR count). The Balaban J connectivity index is 2.78. The Kier molecular flexibility index (Phi) is 4.98. The lowest BCUT2D eigenvalue weighted by molar-refractivity contribution is -0.137. The summed E-state index contributed by atoms with van der Waals surface area (Å²) < 4.78 is 37.4. The van der Waals surface area contributed by atoms with Crippen LogP contribution in [0.25, 0.3) is 0 Å². The number of benzene rings is 1. The molecule has 0 bridgehead atoms. The molecule has 0 fully saturated rings. The molecule has 0 amide bonds.